The predicted molar refractivity (Wildman–Crippen MR) is 106 cm³/mol. The molecule has 1 aliphatic heterocycles. The molecule has 1 aromatic heterocycles. The molecule has 2 aromatic carbocycles. The Bertz CT molecular complexity index is 919. The highest BCUT2D eigenvalue weighted by Gasteiger charge is 2.28. The molecule has 3 aromatic rings. The van der Waals surface area contributed by atoms with Gasteiger partial charge in [-0.1, -0.05) is 42.5 Å². The van der Waals surface area contributed by atoms with Crippen LogP contribution in [-0.4, -0.2) is 40.2 Å². The first-order valence-corrected chi connectivity index (χ1v) is 9.34. The van der Waals surface area contributed by atoms with E-state index in [9.17, 15) is 4.79 Å². The van der Waals surface area contributed by atoms with Crippen LogP contribution < -0.4 is 5.32 Å². The van der Waals surface area contributed by atoms with E-state index in [-0.39, 0.29) is 11.9 Å². The van der Waals surface area contributed by atoms with Crippen molar-refractivity contribution in [1.29, 1.82) is 0 Å². The average Bonchev–Trinajstić information content (AvgIpc) is 3.17. The van der Waals surface area contributed by atoms with Crippen LogP contribution in [0, 0.1) is 0 Å². The fraction of sp³-hybridized carbons (Fsp3) is 0.273. The number of aromatic nitrogens is 2. The van der Waals surface area contributed by atoms with E-state index in [1.165, 1.54) is 11.1 Å². The van der Waals surface area contributed by atoms with Crippen LogP contribution >= 0.6 is 0 Å². The van der Waals surface area contributed by atoms with E-state index in [0.717, 1.165) is 30.6 Å². The van der Waals surface area contributed by atoms with Crippen LogP contribution in [0.25, 0.3) is 5.69 Å². The Morgan fingerprint density at radius 3 is 2.67 bits per heavy atom. The monoisotopic (exact) mass is 360 g/mol. The van der Waals surface area contributed by atoms with Crippen LogP contribution in [0.3, 0.4) is 0 Å². The Morgan fingerprint density at radius 1 is 1.11 bits per heavy atom. The zero-order valence-corrected chi connectivity index (χ0v) is 15.5. The van der Waals surface area contributed by atoms with Gasteiger partial charge in [-0.15, -0.1) is 0 Å². The fourth-order valence-corrected chi connectivity index (χ4v) is 3.61. The molecule has 138 valence electrons. The van der Waals surface area contributed by atoms with E-state index < -0.39 is 0 Å². The Hall–Kier alpha value is -2.92. The molecule has 0 saturated heterocycles. The molecule has 0 radical (unpaired) electrons. The van der Waals surface area contributed by atoms with Gasteiger partial charge in [-0.3, -0.25) is 9.69 Å². The lowest BCUT2D eigenvalue weighted by Crippen LogP contribution is -2.48. The molecule has 0 saturated carbocycles. The van der Waals surface area contributed by atoms with Gasteiger partial charge in [0.2, 0.25) is 5.91 Å². The molecule has 5 nitrogen and oxygen atoms in total. The maximum absolute atomic E-state index is 12.7. The van der Waals surface area contributed by atoms with Crippen LogP contribution in [0.2, 0.25) is 0 Å². The minimum absolute atomic E-state index is 0.0995. The normalized spacial score (nSPS) is 16.7. The number of nitrogens with one attached hydrogen (secondary N) is 1. The molecule has 1 unspecified atom stereocenters. The summed E-state index contributed by atoms with van der Waals surface area (Å²) < 4.78 is 1.86. The Labute approximate surface area is 159 Å². The second-order valence-corrected chi connectivity index (χ2v) is 7.07. The molecular weight excluding hydrogens is 336 g/mol. The average molecular weight is 360 g/mol. The molecule has 1 aliphatic rings. The molecule has 1 N–H and O–H groups in total. The van der Waals surface area contributed by atoms with Gasteiger partial charge in [0, 0.05) is 19.3 Å². The number of para-hydroxylation sites is 1. The van der Waals surface area contributed by atoms with Crippen molar-refractivity contribution in [3.8, 4) is 5.69 Å². The van der Waals surface area contributed by atoms with Crippen molar-refractivity contribution in [2.24, 2.45) is 0 Å². The van der Waals surface area contributed by atoms with Crippen molar-refractivity contribution in [3.63, 3.8) is 0 Å². The highest BCUT2D eigenvalue weighted by molar-refractivity contribution is 5.82. The van der Waals surface area contributed by atoms with Gasteiger partial charge in [0.1, 0.15) is 0 Å². The Morgan fingerprint density at radius 2 is 1.85 bits per heavy atom. The van der Waals surface area contributed by atoms with Gasteiger partial charge in [0.25, 0.3) is 0 Å². The Kier molecular flexibility index (Phi) is 5.03. The summed E-state index contributed by atoms with van der Waals surface area (Å²) in [6.07, 6.45) is 5.42. The minimum atomic E-state index is -0.105. The number of hydrogen-bond acceptors (Lipinski definition) is 3. The van der Waals surface area contributed by atoms with E-state index in [0.29, 0.717) is 6.54 Å². The summed E-state index contributed by atoms with van der Waals surface area (Å²) in [5.41, 5.74) is 4.74. The number of rotatable bonds is 5. The molecule has 2 heterocycles. The van der Waals surface area contributed by atoms with Gasteiger partial charge in [0.15, 0.2) is 0 Å². The molecule has 0 fully saturated rings. The van der Waals surface area contributed by atoms with Crippen molar-refractivity contribution in [1.82, 2.24) is 20.0 Å². The van der Waals surface area contributed by atoms with E-state index in [2.05, 4.69) is 33.5 Å². The van der Waals surface area contributed by atoms with E-state index in [4.69, 9.17) is 0 Å². The highest BCUT2D eigenvalue weighted by atomic mass is 16.2. The first-order valence-electron chi connectivity index (χ1n) is 9.34. The number of fused-ring (bicyclic) bond motifs is 1. The summed E-state index contributed by atoms with van der Waals surface area (Å²) in [7, 11) is 2.02. The third kappa shape index (κ3) is 3.93. The summed E-state index contributed by atoms with van der Waals surface area (Å²) in [6, 6.07) is 18.3. The molecule has 0 aliphatic carbocycles. The SMILES string of the molecule is CN1Cc2ccccc2CC1C(=O)NCCc1cnn(-c2ccccc2)c1. The van der Waals surface area contributed by atoms with Crippen LogP contribution in [0.5, 0.6) is 0 Å². The molecule has 1 amide bonds. The number of carbonyl (C=O) groups excluding carboxylic acids is 1. The first kappa shape index (κ1) is 17.5. The van der Waals surface area contributed by atoms with Crippen molar-refractivity contribution in [3.05, 3.63) is 83.7 Å². The van der Waals surface area contributed by atoms with E-state index in [1.54, 1.807) is 0 Å². The summed E-state index contributed by atoms with van der Waals surface area (Å²) in [6.45, 7) is 1.43. The zero-order valence-electron chi connectivity index (χ0n) is 15.5. The lowest BCUT2D eigenvalue weighted by Gasteiger charge is -2.33. The molecule has 4 rings (SSSR count). The van der Waals surface area contributed by atoms with Gasteiger partial charge < -0.3 is 5.32 Å². The quantitative estimate of drug-likeness (QED) is 0.761. The van der Waals surface area contributed by atoms with Crippen molar-refractivity contribution in [2.75, 3.05) is 13.6 Å². The number of hydrogen-bond donors (Lipinski definition) is 1. The molecule has 0 spiro atoms. The standard InChI is InChI=1S/C22H24N4O/c1-25-16-19-8-6-5-7-18(19)13-21(25)22(27)23-12-11-17-14-24-26(15-17)20-9-3-2-4-10-20/h2-10,14-15,21H,11-13,16H2,1H3,(H,23,27). The lowest BCUT2D eigenvalue weighted by molar-refractivity contribution is -0.126. The summed E-state index contributed by atoms with van der Waals surface area (Å²) in [5.74, 6) is 0.0995. The first-order chi connectivity index (χ1) is 13.2. The summed E-state index contributed by atoms with van der Waals surface area (Å²) in [4.78, 5) is 14.8. The Balaban J connectivity index is 1.32. The topological polar surface area (TPSA) is 50.2 Å². The van der Waals surface area contributed by atoms with Crippen molar-refractivity contribution in [2.45, 2.75) is 25.4 Å². The minimum Gasteiger partial charge on any atom is -0.354 e. The fourth-order valence-electron chi connectivity index (χ4n) is 3.61. The van der Waals surface area contributed by atoms with Gasteiger partial charge in [-0.2, -0.15) is 5.10 Å². The van der Waals surface area contributed by atoms with Crippen LogP contribution in [0.1, 0.15) is 16.7 Å². The summed E-state index contributed by atoms with van der Waals surface area (Å²) in [5, 5.41) is 7.50. The van der Waals surface area contributed by atoms with E-state index >= 15 is 0 Å². The van der Waals surface area contributed by atoms with Crippen molar-refractivity contribution >= 4 is 5.91 Å². The van der Waals surface area contributed by atoms with Crippen LogP contribution in [0.4, 0.5) is 0 Å². The largest absolute Gasteiger partial charge is 0.354 e. The second kappa shape index (κ2) is 7.76. The van der Waals surface area contributed by atoms with E-state index in [1.807, 2.05) is 60.5 Å². The maximum Gasteiger partial charge on any atom is 0.237 e. The predicted octanol–water partition coefficient (Wildman–Crippen LogP) is 2.59. The zero-order chi connectivity index (χ0) is 18.6. The molecular formula is C22H24N4O. The number of likely N-dealkylation sites (N-methyl/N-ethyl adjacent to an activating group) is 1. The van der Waals surface area contributed by atoms with Crippen molar-refractivity contribution < 1.29 is 4.79 Å². The number of benzene rings is 2. The van der Waals surface area contributed by atoms with Gasteiger partial charge in [0.05, 0.1) is 17.9 Å². The second-order valence-electron chi connectivity index (χ2n) is 7.07. The number of nitrogens with zero attached hydrogens (tertiary/aromatic N) is 3. The lowest BCUT2D eigenvalue weighted by atomic mass is 9.94. The van der Waals surface area contributed by atoms with Crippen LogP contribution in [0.15, 0.2) is 67.0 Å². The molecule has 0 bridgehead atoms. The van der Waals surface area contributed by atoms with Gasteiger partial charge in [-0.25, -0.2) is 4.68 Å². The third-order valence-electron chi connectivity index (χ3n) is 5.16. The third-order valence-corrected chi connectivity index (χ3v) is 5.16. The molecule has 27 heavy (non-hydrogen) atoms. The van der Waals surface area contributed by atoms with Crippen LogP contribution in [-0.2, 0) is 24.2 Å². The number of carbonyl (C=O) groups is 1. The molecule has 5 heteroatoms. The molecule has 1 atom stereocenters. The smallest absolute Gasteiger partial charge is 0.237 e. The highest BCUT2D eigenvalue weighted by Crippen LogP contribution is 2.21. The van der Waals surface area contributed by atoms with Gasteiger partial charge in [-0.05, 0) is 48.7 Å². The summed E-state index contributed by atoms with van der Waals surface area (Å²) >= 11 is 0. The number of amides is 1. The maximum atomic E-state index is 12.7. The van der Waals surface area contributed by atoms with Gasteiger partial charge >= 0.3 is 0 Å².